The van der Waals surface area contributed by atoms with Gasteiger partial charge in [0.15, 0.2) is 0 Å². The highest BCUT2D eigenvalue weighted by molar-refractivity contribution is 5.75. The Morgan fingerprint density at radius 3 is 2.92 bits per heavy atom. The molecule has 1 atom stereocenters. The Hall–Kier alpha value is -1.52. The van der Waals surface area contributed by atoms with Crippen LogP contribution in [0.4, 0.5) is 5.88 Å². The maximum absolute atomic E-state index is 10.6. The number of aromatic nitrogens is 1. The van der Waals surface area contributed by atoms with Gasteiger partial charge in [-0.15, -0.1) is 0 Å². The maximum atomic E-state index is 10.6. The minimum absolute atomic E-state index is 0.143. The van der Waals surface area contributed by atoms with E-state index in [4.69, 9.17) is 10.8 Å². The third-order valence-corrected chi connectivity index (χ3v) is 1.61. The molecule has 0 aromatic carbocycles. The Kier molecular flexibility index (Phi) is 2.32. The molecule has 1 heterocycles. The molecular weight excluding hydrogens is 160 g/mol. The van der Waals surface area contributed by atoms with Crippen molar-refractivity contribution in [2.45, 2.75) is 19.3 Å². The third-order valence-electron chi connectivity index (χ3n) is 1.61. The van der Waals surface area contributed by atoms with Crippen LogP contribution >= 0.6 is 0 Å². The SMILES string of the molecule is CCC(C(=O)O)c1cc(N)on1. The van der Waals surface area contributed by atoms with Gasteiger partial charge < -0.3 is 15.4 Å². The van der Waals surface area contributed by atoms with Gasteiger partial charge in [-0.3, -0.25) is 4.79 Å². The fraction of sp³-hybridized carbons (Fsp3) is 0.429. The minimum atomic E-state index is -0.911. The van der Waals surface area contributed by atoms with E-state index >= 15 is 0 Å². The summed E-state index contributed by atoms with van der Waals surface area (Å²) in [6.07, 6.45) is 0.474. The smallest absolute Gasteiger partial charge is 0.312 e. The third kappa shape index (κ3) is 1.55. The number of carboxylic acid groups (broad SMARTS) is 1. The standard InChI is InChI=1S/C7H10N2O3/c1-2-4(7(10)11)5-3-6(8)12-9-5/h3-4H,2,8H2,1H3,(H,10,11). The molecule has 0 radical (unpaired) electrons. The van der Waals surface area contributed by atoms with E-state index in [1.54, 1.807) is 6.92 Å². The lowest BCUT2D eigenvalue weighted by atomic mass is 10.0. The summed E-state index contributed by atoms with van der Waals surface area (Å²) in [5, 5.41) is 12.2. The van der Waals surface area contributed by atoms with Gasteiger partial charge in [-0.05, 0) is 6.42 Å². The first kappa shape index (κ1) is 8.58. The molecule has 0 bridgehead atoms. The Labute approximate surface area is 69.2 Å². The van der Waals surface area contributed by atoms with Crippen LogP contribution in [0.1, 0.15) is 25.0 Å². The average molecular weight is 170 g/mol. The number of nitrogen functional groups attached to an aromatic ring is 1. The topological polar surface area (TPSA) is 89.3 Å². The lowest BCUT2D eigenvalue weighted by Crippen LogP contribution is -2.10. The normalized spacial score (nSPS) is 12.8. The molecule has 66 valence electrons. The number of rotatable bonds is 3. The molecule has 0 aliphatic rings. The Balaban J connectivity index is 2.87. The predicted octanol–water partition coefficient (Wildman–Crippen LogP) is 0.835. The van der Waals surface area contributed by atoms with Crippen LogP contribution < -0.4 is 5.73 Å². The maximum Gasteiger partial charge on any atom is 0.312 e. The zero-order valence-electron chi connectivity index (χ0n) is 6.65. The fourth-order valence-electron chi connectivity index (χ4n) is 0.978. The van der Waals surface area contributed by atoms with E-state index in [0.29, 0.717) is 12.1 Å². The lowest BCUT2D eigenvalue weighted by Gasteiger charge is -2.02. The molecule has 5 heteroatoms. The summed E-state index contributed by atoms with van der Waals surface area (Å²) in [4.78, 5) is 10.6. The van der Waals surface area contributed by atoms with E-state index in [9.17, 15) is 4.79 Å². The minimum Gasteiger partial charge on any atom is -0.481 e. The highest BCUT2D eigenvalue weighted by Gasteiger charge is 2.20. The zero-order chi connectivity index (χ0) is 9.14. The summed E-state index contributed by atoms with van der Waals surface area (Å²) in [6, 6.07) is 1.43. The summed E-state index contributed by atoms with van der Waals surface area (Å²) >= 11 is 0. The number of carbonyl (C=O) groups is 1. The van der Waals surface area contributed by atoms with Crippen LogP contribution in [0.15, 0.2) is 10.6 Å². The van der Waals surface area contributed by atoms with Gasteiger partial charge >= 0.3 is 5.97 Å². The van der Waals surface area contributed by atoms with Crippen LogP contribution in [0.2, 0.25) is 0 Å². The van der Waals surface area contributed by atoms with Gasteiger partial charge in [-0.2, -0.15) is 0 Å². The second kappa shape index (κ2) is 3.25. The van der Waals surface area contributed by atoms with Crippen LogP contribution in [0.3, 0.4) is 0 Å². The highest BCUT2D eigenvalue weighted by atomic mass is 16.5. The van der Waals surface area contributed by atoms with Gasteiger partial charge in [0.25, 0.3) is 0 Å². The van der Waals surface area contributed by atoms with Crippen LogP contribution in [-0.2, 0) is 4.79 Å². The molecule has 12 heavy (non-hydrogen) atoms. The van der Waals surface area contributed by atoms with Gasteiger partial charge in [0.05, 0.1) is 5.69 Å². The molecule has 1 aromatic heterocycles. The summed E-state index contributed by atoms with van der Waals surface area (Å²) in [5.74, 6) is -1.39. The first-order valence-corrected chi connectivity index (χ1v) is 3.60. The summed E-state index contributed by atoms with van der Waals surface area (Å²) in [5.41, 5.74) is 5.63. The van der Waals surface area contributed by atoms with Gasteiger partial charge in [0.2, 0.25) is 5.88 Å². The molecule has 1 aromatic rings. The van der Waals surface area contributed by atoms with Crippen LogP contribution in [0.5, 0.6) is 0 Å². The van der Waals surface area contributed by atoms with Crippen molar-refractivity contribution in [2.75, 3.05) is 5.73 Å². The van der Waals surface area contributed by atoms with Gasteiger partial charge in [-0.1, -0.05) is 12.1 Å². The Morgan fingerprint density at radius 2 is 2.58 bits per heavy atom. The number of nitrogens with zero attached hydrogens (tertiary/aromatic N) is 1. The zero-order valence-corrected chi connectivity index (χ0v) is 6.65. The van der Waals surface area contributed by atoms with E-state index in [-0.39, 0.29) is 5.88 Å². The average Bonchev–Trinajstić information content (AvgIpc) is 2.37. The van der Waals surface area contributed by atoms with Crippen LogP contribution in [0.25, 0.3) is 0 Å². The molecule has 1 unspecified atom stereocenters. The number of nitrogens with two attached hydrogens (primary N) is 1. The Bertz CT molecular complexity index is 282. The van der Waals surface area contributed by atoms with Crippen molar-refractivity contribution in [1.29, 1.82) is 0 Å². The number of hydrogen-bond acceptors (Lipinski definition) is 4. The van der Waals surface area contributed by atoms with E-state index < -0.39 is 11.9 Å². The summed E-state index contributed by atoms with van der Waals surface area (Å²) in [7, 11) is 0. The molecule has 0 amide bonds. The highest BCUT2D eigenvalue weighted by Crippen LogP contribution is 2.19. The van der Waals surface area contributed by atoms with Crippen molar-refractivity contribution >= 4 is 11.9 Å². The van der Waals surface area contributed by atoms with E-state index in [0.717, 1.165) is 0 Å². The first-order valence-electron chi connectivity index (χ1n) is 3.60. The van der Waals surface area contributed by atoms with E-state index in [2.05, 4.69) is 9.68 Å². The summed E-state index contributed by atoms with van der Waals surface area (Å²) in [6.45, 7) is 1.77. The van der Waals surface area contributed by atoms with Crippen molar-refractivity contribution < 1.29 is 14.4 Å². The quantitative estimate of drug-likeness (QED) is 0.701. The van der Waals surface area contributed by atoms with Crippen molar-refractivity contribution in [3.05, 3.63) is 11.8 Å². The lowest BCUT2D eigenvalue weighted by molar-refractivity contribution is -0.139. The summed E-state index contributed by atoms with van der Waals surface area (Å²) < 4.78 is 4.56. The molecule has 3 N–H and O–H groups in total. The molecule has 0 saturated carbocycles. The van der Waals surface area contributed by atoms with Crippen molar-refractivity contribution in [2.24, 2.45) is 0 Å². The van der Waals surface area contributed by atoms with Crippen molar-refractivity contribution in [1.82, 2.24) is 5.16 Å². The van der Waals surface area contributed by atoms with E-state index in [1.807, 2.05) is 0 Å². The predicted molar refractivity (Wildman–Crippen MR) is 41.6 cm³/mol. The van der Waals surface area contributed by atoms with Crippen molar-refractivity contribution in [3.63, 3.8) is 0 Å². The van der Waals surface area contributed by atoms with Gasteiger partial charge in [0, 0.05) is 6.07 Å². The second-order valence-electron chi connectivity index (χ2n) is 2.45. The van der Waals surface area contributed by atoms with Gasteiger partial charge in [0.1, 0.15) is 5.92 Å². The first-order chi connectivity index (χ1) is 5.65. The largest absolute Gasteiger partial charge is 0.481 e. The van der Waals surface area contributed by atoms with Crippen LogP contribution in [-0.4, -0.2) is 16.2 Å². The second-order valence-corrected chi connectivity index (χ2v) is 2.45. The Morgan fingerprint density at radius 1 is 1.92 bits per heavy atom. The number of hydrogen-bond donors (Lipinski definition) is 2. The van der Waals surface area contributed by atoms with Crippen LogP contribution in [0, 0.1) is 0 Å². The number of aliphatic carboxylic acids is 1. The molecule has 0 fully saturated rings. The van der Waals surface area contributed by atoms with Crippen molar-refractivity contribution in [3.8, 4) is 0 Å². The molecular formula is C7H10N2O3. The fourth-order valence-corrected chi connectivity index (χ4v) is 0.978. The molecule has 1 rings (SSSR count). The molecule has 0 spiro atoms. The van der Waals surface area contributed by atoms with E-state index in [1.165, 1.54) is 6.07 Å². The number of carboxylic acids is 1. The molecule has 0 aliphatic carbocycles. The number of anilines is 1. The van der Waals surface area contributed by atoms with Gasteiger partial charge in [-0.25, -0.2) is 0 Å². The molecule has 0 aliphatic heterocycles. The molecule has 5 nitrogen and oxygen atoms in total. The monoisotopic (exact) mass is 170 g/mol. The molecule has 0 saturated heterocycles.